The molecule has 0 bridgehead atoms. The molecule has 0 fully saturated rings. The second-order valence-corrected chi connectivity index (χ2v) is 7.42. The molecule has 0 saturated heterocycles. The number of nitrogens with one attached hydrogen (secondary N) is 1. The van der Waals surface area contributed by atoms with Crippen molar-refractivity contribution >= 4 is 38.9 Å². The molecule has 6 heteroatoms. The smallest absolute Gasteiger partial charge is 0.262 e. The number of carbonyl (C=O) groups excluding carboxylic acids is 1. The fourth-order valence-electron chi connectivity index (χ4n) is 2.74. The summed E-state index contributed by atoms with van der Waals surface area (Å²) in [6.45, 7) is 0.361. The maximum absolute atomic E-state index is 13.5. The molecule has 3 nitrogen and oxygen atoms in total. The third-order valence-electron chi connectivity index (χ3n) is 4.05. The highest BCUT2D eigenvalue weighted by Gasteiger charge is 2.20. The summed E-state index contributed by atoms with van der Waals surface area (Å²) < 4.78 is 14.5. The summed E-state index contributed by atoms with van der Waals surface area (Å²) in [5, 5.41) is 4.28. The van der Waals surface area contributed by atoms with E-state index in [1.807, 2.05) is 49.3 Å². The number of benzene rings is 2. The lowest BCUT2D eigenvalue weighted by Crippen LogP contribution is -2.34. The van der Waals surface area contributed by atoms with Crippen molar-refractivity contribution in [3.8, 4) is 0 Å². The van der Waals surface area contributed by atoms with Gasteiger partial charge in [0.25, 0.3) is 5.91 Å². The summed E-state index contributed by atoms with van der Waals surface area (Å²) >= 11 is 7.73. The standard InChI is InChI=1S/C19H18ClFN2OS/c1-23(2)15(12-6-5-7-13(21)10-12)11-22-19(24)18-17(20)14-8-3-4-9-16(14)25-18/h3-10,15H,11H2,1-2H3,(H,22,24)/t15-/m0/s1. The molecule has 0 aliphatic carbocycles. The Hall–Kier alpha value is -1.95. The Morgan fingerprint density at radius 2 is 2.00 bits per heavy atom. The van der Waals surface area contributed by atoms with Crippen LogP contribution in [0.3, 0.4) is 0 Å². The van der Waals surface area contributed by atoms with Gasteiger partial charge >= 0.3 is 0 Å². The van der Waals surface area contributed by atoms with Crippen LogP contribution in [0.25, 0.3) is 10.1 Å². The van der Waals surface area contributed by atoms with Gasteiger partial charge in [0, 0.05) is 16.6 Å². The highest BCUT2D eigenvalue weighted by Crippen LogP contribution is 2.35. The maximum Gasteiger partial charge on any atom is 0.262 e. The third kappa shape index (κ3) is 3.84. The lowest BCUT2D eigenvalue weighted by molar-refractivity contribution is 0.0946. The second kappa shape index (κ2) is 7.52. The first-order valence-electron chi connectivity index (χ1n) is 7.84. The van der Waals surface area contributed by atoms with E-state index in [0.29, 0.717) is 16.4 Å². The first-order chi connectivity index (χ1) is 12.0. The first-order valence-corrected chi connectivity index (χ1v) is 9.04. The van der Waals surface area contributed by atoms with E-state index in [9.17, 15) is 9.18 Å². The summed E-state index contributed by atoms with van der Waals surface area (Å²) in [4.78, 5) is 15.0. The van der Waals surface area contributed by atoms with Crippen molar-refractivity contribution in [2.75, 3.05) is 20.6 Å². The summed E-state index contributed by atoms with van der Waals surface area (Å²) in [5.41, 5.74) is 0.813. The predicted octanol–water partition coefficient (Wildman–Crippen LogP) is 4.73. The molecule has 0 radical (unpaired) electrons. The molecule has 1 aromatic heterocycles. The maximum atomic E-state index is 13.5. The molecule has 0 unspecified atom stereocenters. The molecule has 130 valence electrons. The van der Waals surface area contributed by atoms with Gasteiger partial charge in [0.1, 0.15) is 10.7 Å². The van der Waals surface area contributed by atoms with Crippen LogP contribution in [0.15, 0.2) is 48.5 Å². The van der Waals surface area contributed by atoms with Gasteiger partial charge in [-0.3, -0.25) is 4.79 Å². The molecule has 3 aromatic rings. The number of hydrogen-bond acceptors (Lipinski definition) is 3. The van der Waals surface area contributed by atoms with Crippen molar-refractivity contribution in [2.45, 2.75) is 6.04 Å². The summed E-state index contributed by atoms with van der Waals surface area (Å²) in [5.74, 6) is -0.502. The van der Waals surface area contributed by atoms with E-state index < -0.39 is 0 Å². The van der Waals surface area contributed by atoms with Crippen LogP contribution in [-0.2, 0) is 0 Å². The number of nitrogens with zero attached hydrogens (tertiary/aromatic N) is 1. The number of likely N-dealkylation sites (N-methyl/N-ethyl adjacent to an activating group) is 1. The largest absolute Gasteiger partial charge is 0.349 e. The Kier molecular flexibility index (Phi) is 5.37. The summed E-state index contributed by atoms with van der Waals surface area (Å²) in [6.07, 6.45) is 0. The number of halogens is 2. The Bertz CT molecular complexity index is 909. The average Bonchev–Trinajstić information content (AvgIpc) is 2.92. The van der Waals surface area contributed by atoms with Gasteiger partial charge in [-0.2, -0.15) is 0 Å². The van der Waals surface area contributed by atoms with E-state index in [0.717, 1.165) is 15.6 Å². The van der Waals surface area contributed by atoms with Crippen LogP contribution < -0.4 is 5.32 Å². The van der Waals surface area contributed by atoms with Crippen LogP contribution in [0.5, 0.6) is 0 Å². The van der Waals surface area contributed by atoms with Crippen LogP contribution in [-0.4, -0.2) is 31.4 Å². The zero-order valence-corrected chi connectivity index (χ0v) is 15.5. The minimum atomic E-state index is -0.289. The van der Waals surface area contributed by atoms with Gasteiger partial charge in [-0.1, -0.05) is 41.9 Å². The molecule has 1 N–H and O–H groups in total. The molecular formula is C19H18ClFN2OS. The molecule has 0 aliphatic rings. The number of rotatable bonds is 5. The molecule has 0 spiro atoms. The zero-order valence-electron chi connectivity index (χ0n) is 13.9. The van der Waals surface area contributed by atoms with E-state index in [1.54, 1.807) is 6.07 Å². The van der Waals surface area contributed by atoms with Crippen molar-refractivity contribution in [3.05, 3.63) is 69.8 Å². The van der Waals surface area contributed by atoms with E-state index in [-0.39, 0.29) is 17.8 Å². The van der Waals surface area contributed by atoms with Crippen LogP contribution in [0.1, 0.15) is 21.3 Å². The van der Waals surface area contributed by atoms with Crippen LogP contribution in [0.4, 0.5) is 4.39 Å². The molecule has 0 aliphatic heterocycles. The molecule has 1 heterocycles. The van der Waals surface area contributed by atoms with Gasteiger partial charge in [-0.25, -0.2) is 4.39 Å². The molecule has 1 amide bonds. The summed E-state index contributed by atoms with van der Waals surface area (Å²) in [7, 11) is 3.79. The van der Waals surface area contributed by atoms with Crippen molar-refractivity contribution in [1.82, 2.24) is 10.2 Å². The quantitative estimate of drug-likeness (QED) is 0.698. The van der Waals surface area contributed by atoms with Gasteiger partial charge in [0.15, 0.2) is 0 Å². The molecule has 1 atom stereocenters. The van der Waals surface area contributed by atoms with E-state index >= 15 is 0 Å². The lowest BCUT2D eigenvalue weighted by Gasteiger charge is -2.25. The predicted molar refractivity (Wildman–Crippen MR) is 102 cm³/mol. The van der Waals surface area contributed by atoms with Crippen molar-refractivity contribution in [2.24, 2.45) is 0 Å². The van der Waals surface area contributed by atoms with Gasteiger partial charge in [-0.05, 0) is 37.9 Å². The SMILES string of the molecule is CN(C)[C@@H](CNC(=O)c1sc2ccccc2c1Cl)c1cccc(F)c1. The Labute approximate surface area is 155 Å². The third-order valence-corrected chi connectivity index (χ3v) is 5.73. The van der Waals surface area contributed by atoms with Gasteiger partial charge in [-0.15, -0.1) is 11.3 Å². The van der Waals surface area contributed by atoms with Crippen LogP contribution in [0.2, 0.25) is 5.02 Å². The van der Waals surface area contributed by atoms with Gasteiger partial charge in [0.05, 0.1) is 11.1 Å². The molecule has 3 rings (SSSR count). The minimum absolute atomic E-state index is 0.132. The monoisotopic (exact) mass is 376 g/mol. The first kappa shape index (κ1) is 17.9. The van der Waals surface area contributed by atoms with Crippen molar-refractivity contribution in [3.63, 3.8) is 0 Å². The number of hydrogen-bond donors (Lipinski definition) is 1. The van der Waals surface area contributed by atoms with E-state index in [2.05, 4.69) is 5.32 Å². The molecule has 0 saturated carbocycles. The van der Waals surface area contributed by atoms with Gasteiger partial charge < -0.3 is 10.2 Å². The fourth-order valence-corrected chi connectivity index (χ4v) is 4.18. The Morgan fingerprint density at radius 3 is 2.68 bits per heavy atom. The zero-order chi connectivity index (χ0) is 18.0. The number of carbonyl (C=O) groups is 1. The highest BCUT2D eigenvalue weighted by molar-refractivity contribution is 7.21. The second-order valence-electron chi connectivity index (χ2n) is 5.99. The number of amides is 1. The molecule has 2 aromatic carbocycles. The van der Waals surface area contributed by atoms with Crippen LogP contribution >= 0.6 is 22.9 Å². The minimum Gasteiger partial charge on any atom is -0.349 e. The van der Waals surface area contributed by atoms with Gasteiger partial charge in [0.2, 0.25) is 0 Å². The van der Waals surface area contributed by atoms with Crippen molar-refractivity contribution < 1.29 is 9.18 Å². The molecular weight excluding hydrogens is 359 g/mol. The summed E-state index contributed by atoms with van der Waals surface area (Å²) in [6, 6.07) is 14.0. The lowest BCUT2D eigenvalue weighted by atomic mass is 10.1. The van der Waals surface area contributed by atoms with Crippen LogP contribution in [0, 0.1) is 5.82 Å². The number of fused-ring (bicyclic) bond motifs is 1. The average molecular weight is 377 g/mol. The van der Waals surface area contributed by atoms with E-state index in [4.69, 9.17) is 11.6 Å². The fraction of sp³-hybridized carbons (Fsp3) is 0.211. The van der Waals surface area contributed by atoms with E-state index in [1.165, 1.54) is 23.5 Å². The topological polar surface area (TPSA) is 32.3 Å². The Morgan fingerprint density at radius 1 is 1.24 bits per heavy atom. The molecule has 25 heavy (non-hydrogen) atoms. The highest BCUT2D eigenvalue weighted by atomic mass is 35.5. The Balaban J connectivity index is 1.78. The number of thiophene rings is 1. The van der Waals surface area contributed by atoms with Crippen molar-refractivity contribution in [1.29, 1.82) is 0 Å². The normalized spacial score (nSPS) is 12.5.